The van der Waals surface area contributed by atoms with Gasteiger partial charge in [0.15, 0.2) is 0 Å². The molecule has 0 aliphatic heterocycles. The summed E-state index contributed by atoms with van der Waals surface area (Å²) >= 11 is 0. The Hall–Kier alpha value is -1.36. The summed E-state index contributed by atoms with van der Waals surface area (Å²) in [6, 6.07) is 2.06. The quantitative estimate of drug-likeness (QED) is 0.765. The summed E-state index contributed by atoms with van der Waals surface area (Å²) in [7, 11) is 1.70. The van der Waals surface area contributed by atoms with Crippen molar-refractivity contribution in [2.24, 2.45) is 0 Å². The van der Waals surface area contributed by atoms with Gasteiger partial charge in [0, 0.05) is 32.2 Å². The average molecular weight is 224 g/mol. The lowest BCUT2D eigenvalue weighted by molar-refractivity contribution is 0.191. The average Bonchev–Trinajstić information content (AvgIpc) is 2.25. The van der Waals surface area contributed by atoms with Gasteiger partial charge in [0.2, 0.25) is 0 Å². The predicted octanol–water partition coefficient (Wildman–Crippen LogP) is 1.46. The number of aromatic nitrogens is 2. The smallest absolute Gasteiger partial charge is 0.132 e. The van der Waals surface area contributed by atoms with E-state index in [1.54, 1.807) is 13.2 Å². The van der Waals surface area contributed by atoms with E-state index in [9.17, 15) is 0 Å². The van der Waals surface area contributed by atoms with Gasteiger partial charge in [-0.3, -0.25) is 0 Å². The number of anilines is 2. The van der Waals surface area contributed by atoms with E-state index < -0.39 is 0 Å². The summed E-state index contributed by atoms with van der Waals surface area (Å²) in [5, 5.41) is 3.28. The molecule has 1 atom stereocenters. The van der Waals surface area contributed by atoms with Crippen molar-refractivity contribution in [1.82, 2.24) is 9.97 Å². The fourth-order valence-corrected chi connectivity index (χ4v) is 1.37. The molecule has 1 rings (SSSR count). The molecule has 16 heavy (non-hydrogen) atoms. The number of ether oxygens (including phenoxy) is 1. The van der Waals surface area contributed by atoms with Crippen LogP contribution in [0.5, 0.6) is 0 Å². The van der Waals surface area contributed by atoms with Crippen LogP contribution in [0, 0.1) is 0 Å². The molecule has 0 bridgehead atoms. The molecule has 0 radical (unpaired) electrons. The number of rotatable bonds is 6. The van der Waals surface area contributed by atoms with E-state index in [1.165, 1.54) is 0 Å². The van der Waals surface area contributed by atoms with Crippen LogP contribution in [-0.2, 0) is 11.2 Å². The topological polar surface area (TPSA) is 73.1 Å². The molecule has 1 aromatic rings. The molecule has 1 heterocycles. The van der Waals surface area contributed by atoms with Gasteiger partial charge in [-0.15, -0.1) is 0 Å². The van der Waals surface area contributed by atoms with Crippen LogP contribution in [0.4, 0.5) is 11.6 Å². The molecule has 5 nitrogen and oxygen atoms in total. The van der Waals surface area contributed by atoms with Crippen molar-refractivity contribution in [3.8, 4) is 0 Å². The maximum atomic E-state index is 5.70. The minimum absolute atomic E-state index is 0.305. The van der Waals surface area contributed by atoms with Gasteiger partial charge < -0.3 is 15.8 Å². The van der Waals surface area contributed by atoms with Gasteiger partial charge in [-0.05, 0) is 13.3 Å². The third-order valence-electron chi connectivity index (χ3n) is 2.26. The molecule has 5 heteroatoms. The van der Waals surface area contributed by atoms with E-state index in [0.29, 0.717) is 11.9 Å². The molecule has 0 fully saturated rings. The highest BCUT2D eigenvalue weighted by atomic mass is 16.5. The van der Waals surface area contributed by atoms with E-state index in [-0.39, 0.29) is 0 Å². The maximum Gasteiger partial charge on any atom is 0.132 e. The fourth-order valence-electron chi connectivity index (χ4n) is 1.37. The Balaban J connectivity index is 2.61. The maximum absolute atomic E-state index is 5.70. The lowest BCUT2D eigenvalue weighted by atomic mass is 10.2. The summed E-state index contributed by atoms with van der Waals surface area (Å²) in [5.41, 5.74) is 5.70. The van der Waals surface area contributed by atoms with Gasteiger partial charge in [0.1, 0.15) is 17.5 Å². The Kier molecular flexibility index (Phi) is 4.98. The van der Waals surface area contributed by atoms with Crippen molar-refractivity contribution in [2.45, 2.75) is 32.7 Å². The zero-order valence-electron chi connectivity index (χ0n) is 10.2. The van der Waals surface area contributed by atoms with E-state index in [2.05, 4.69) is 22.2 Å². The third kappa shape index (κ3) is 4.02. The van der Waals surface area contributed by atoms with Gasteiger partial charge in [0.05, 0.1) is 0 Å². The first-order valence-corrected chi connectivity index (χ1v) is 5.54. The molecule has 1 aromatic heterocycles. The summed E-state index contributed by atoms with van der Waals surface area (Å²) in [5.74, 6) is 2.06. The van der Waals surface area contributed by atoms with Crippen LogP contribution in [0.1, 0.15) is 26.1 Å². The van der Waals surface area contributed by atoms with Gasteiger partial charge in [-0.2, -0.15) is 0 Å². The molecule has 0 aromatic carbocycles. The van der Waals surface area contributed by atoms with Crippen LogP contribution < -0.4 is 11.1 Å². The number of nitrogens with two attached hydrogens (primary N) is 1. The van der Waals surface area contributed by atoms with E-state index >= 15 is 0 Å². The predicted molar refractivity (Wildman–Crippen MR) is 65.4 cm³/mol. The first kappa shape index (κ1) is 12.7. The second-order valence-electron chi connectivity index (χ2n) is 3.77. The first-order chi connectivity index (χ1) is 7.65. The molecule has 0 aliphatic carbocycles. The molecule has 0 spiro atoms. The number of nitrogens with one attached hydrogen (secondary N) is 1. The Morgan fingerprint density at radius 1 is 1.50 bits per heavy atom. The van der Waals surface area contributed by atoms with E-state index in [4.69, 9.17) is 10.5 Å². The monoisotopic (exact) mass is 224 g/mol. The van der Waals surface area contributed by atoms with Crippen LogP contribution in [0.2, 0.25) is 0 Å². The summed E-state index contributed by atoms with van der Waals surface area (Å²) in [4.78, 5) is 8.48. The van der Waals surface area contributed by atoms with Crippen molar-refractivity contribution in [2.75, 3.05) is 24.8 Å². The van der Waals surface area contributed by atoms with Crippen molar-refractivity contribution in [3.05, 3.63) is 11.9 Å². The third-order valence-corrected chi connectivity index (χ3v) is 2.26. The summed E-state index contributed by atoms with van der Waals surface area (Å²) in [6.45, 7) is 4.82. The van der Waals surface area contributed by atoms with Crippen LogP contribution >= 0.6 is 0 Å². The van der Waals surface area contributed by atoms with Gasteiger partial charge in [-0.25, -0.2) is 9.97 Å². The molecular weight excluding hydrogens is 204 g/mol. The minimum atomic E-state index is 0.305. The van der Waals surface area contributed by atoms with Crippen LogP contribution in [0.3, 0.4) is 0 Å². The largest absolute Gasteiger partial charge is 0.385 e. The fraction of sp³-hybridized carbons (Fsp3) is 0.636. The lowest BCUT2D eigenvalue weighted by Crippen LogP contribution is -2.18. The Labute approximate surface area is 96.4 Å². The van der Waals surface area contributed by atoms with Crippen molar-refractivity contribution in [3.63, 3.8) is 0 Å². The second kappa shape index (κ2) is 6.27. The van der Waals surface area contributed by atoms with Crippen molar-refractivity contribution < 1.29 is 4.74 Å². The SMILES string of the molecule is CCc1nc(N)cc(NC(C)CCOC)n1. The van der Waals surface area contributed by atoms with Crippen molar-refractivity contribution in [1.29, 1.82) is 0 Å². The van der Waals surface area contributed by atoms with Gasteiger partial charge in [0.25, 0.3) is 0 Å². The van der Waals surface area contributed by atoms with Crippen LogP contribution in [0.25, 0.3) is 0 Å². The molecule has 0 amide bonds. The summed E-state index contributed by atoms with van der Waals surface area (Å²) in [6.07, 6.45) is 1.72. The standard InChI is InChI=1S/C11H20N4O/c1-4-10-14-9(12)7-11(15-10)13-8(2)5-6-16-3/h7-8H,4-6H2,1-3H3,(H3,12,13,14,15). The first-order valence-electron chi connectivity index (χ1n) is 5.54. The normalized spacial score (nSPS) is 12.4. The molecule has 1 unspecified atom stereocenters. The van der Waals surface area contributed by atoms with Gasteiger partial charge >= 0.3 is 0 Å². The van der Waals surface area contributed by atoms with E-state index in [1.807, 2.05) is 6.92 Å². The number of hydrogen-bond acceptors (Lipinski definition) is 5. The van der Waals surface area contributed by atoms with Crippen LogP contribution in [0.15, 0.2) is 6.07 Å². The highest BCUT2D eigenvalue weighted by Crippen LogP contribution is 2.11. The number of nitrogens with zero attached hydrogens (tertiary/aromatic N) is 2. The molecule has 3 N–H and O–H groups in total. The Morgan fingerprint density at radius 3 is 2.88 bits per heavy atom. The zero-order valence-corrected chi connectivity index (χ0v) is 10.2. The summed E-state index contributed by atoms with van der Waals surface area (Å²) < 4.78 is 5.02. The van der Waals surface area contributed by atoms with Gasteiger partial charge in [-0.1, -0.05) is 6.92 Å². The molecule has 0 saturated heterocycles. The minimum Gasteiger partial charge on any atom is -0.385 e. The zero-order chi connectivity index (χ0) is 12.0. The van der Waals surface area contributed by atoms with E-state index in [0.717, 1.165) is 31.1 Å². The molecule has 0 aliphatic rings. The second-order valence-corrected chi connectivity index (χ2v) is 3.77. The van der Waals surface area contributed by atoms with Crippen molar-refractivity contribution >= 4 is 11.6 Å². The highest BCUT2D eigenvalue weighted by Gasteiger charge is 2.05. The molecular formula is C11H20N4O. The Morgan fingerprint density at radius 2 is 2.25 bits per heavy atom. The highest BCUT2D eigenvalue weighted by molar-refractivity contribution is 5.45. The number of nitrogen functional groups attached to an aromatic ring is 1. The number of methoxy groups -OCH3 is 1. The number of aryl methyl sites for hydroxylation is 1. The lowest BCUT2D eigenvalue weighted by Gasteiger charge is -2.14. The Bertz CT molecular complexity index is 330. The molecule has 0 saturated carbocycles. The van der Waals surface area contributed by atoms with Crippen LogP contribution in [-0.4, -0.2) is 29.7 Å². The number of hydrogen-bond donors (Lipinski definition) is 2. The molecule has 90 valence electrons.